The summed E-state index contributed by atoms with van der Waals surface area (Å²) in [6, 6.07) is 3.39. The minimum atomic E-state index is -0.974. The van der Waals surface area contributed by atoms with Gasteiger partial charge in [-0.1, -0.05) is 6.42 Å². The Bertz CT molecular complexity index is 632. The molecule has 23 heavy (non-hydrogen) atoms. The number of likely N-dealkylation sites (tertiary alicyclic amines) is 1. The molecule has 0 spiro atoms. The van der Waals surface area contributed by atoms with E-state index in [1.165, 1.54) is 11.0 Å². The average Bonchev–Trinajstić information content (AvgIpc) is 2.72. The number of halogens is 2. The molecule has 0 aliphatic carbocycles. The van der Waals surface area contributed by atoms with Gasteiger partial charge in [0.2, 0.25) is 5.91 Å². The molecule has 124 valence electrons. The van der Waals surface area contributed by atoms with Crippen molar-refractivity contribution >= 4 is 17.5 Å². The second-order valence-electron chi connectivity index (χ2n) is 5.49. The first-order valence-electron chi connectivity index (χ1n) is 7.53. The van der Waals surface area contributed by atoms with Crippen LogP contribution in [0.5, 0.6) is 0 Å². The third-order valence-electron chi connectivity index (χ3n) is 3.69. The SMILES string of the molecule is C/C(=N/NC(=O)CN1CCCCCC1=O)c1ccc(F)c(F)c1. The molecule has 2 amide bonds. The zero-order chi connectivity index (χ0) is 16.8. The maximum absolute atomic E-state index is 13.2. The minimum Gasteiger partial charge on any atom is -0.333 e. The van der Waals surface area contributed by atoms with Crippen LogP contribution in [0.15, 0.2) is 23.3 Å². The number of hydrogen-bond acceptors (Lipinski definition) is 3. The molecular weight excluding hydrogens is 304 g/mol. The molecule has 0 bridgehead atoms. The van der Waals surface area contributed by atoms with E-state index in [1.807, 2.05) is 0 Å². The van der Waals surface area contributed by atoms with Gasteiger partial charge in [-0.05, 0) is 38.0 Å². The van der Waals surface area contributed by atoms with Crippen molar-refractivity contribution in [3.8, 4) is 0 Å². The quantitative estimate of drug-likeness (QED) is 0.682. The Kier molecular flexibility index (Phi) is 5.78. The molecule has 5 nitrogen and oxygen atoms in total. The molecule has 0 saturated carbocycles. The van der Waals surface area contributed by atoms with Gasteiger partial charge in [-0.2, -0.15) is 5.10 Å². The van der Waals surface area contributed by atoms with E-state index < -0.39 is 17.5 Å². The van der Waals surface area contributed by atoms with Gasteiger partial charge in [0.1, 0.15) is 6.54 Å². The van der Waals surface area contributed by atoms with Gasteiger partial charge in [-0.15, -0.1) is 0 Å². The van der Waals surface area contributed by atoms with Crippen LogP contribution in [-0.2, 0) is 9.59 Å². The number of benzene rings is 1. The molecule has 2 rings (SSSR count). The Morgan fingerprint density at radius 2 is 2.04 bits per heavy atom. The topological polar surface area (TPSA) is 61.8 Å². The van der Waals surface area contributed by atoms with Crippen molar-refractivity contribution < 1.29 is 18.4 Å². The molecule has 1 heterocycles. The fraction of sp³-hybridized carbons (Fsp3) is 0.438. The van der Waals surface area contributed by atoms with Crippen LogP contribution in [0.2, 0.25) is 0 Å². The lowest BCUT2D eigenvalue weighted by Gasteiger charge is -2.19. The minimum absolute atomic E-state index is 0.0287. The third kappa shape index (κ3) is 4.84. The summed E-state index contributed by atoms with van der Waals surface area (Å²) in [5.41, 5.74) is 3.06. The van der Waals surface area contributed by atoms with Crippen molar-refractivity contribution in [2.75, 3.05) is 13.1 Å². The lowest BCUT2D eigenvalue weighted by molar-refractivity contribution is -0.135. The number of carbonyl (C=O) groups is 2. The summed E-state index contributed by atoms with van der Waals surface area (Å²) in [6.45, 7) is 2.09. The van der Waals surface area contributed by atoms with Gasteiger partial charge in [0.15, 0.2) is 11.6 Å². The lowest BCUT2D eigenvalue weighted by atomic mass is 10.1. The Balaban J connectivity index is 1.94. The molecule has 0 radical (unpaired) electrons. The van der Waals surface area contributed by atoms with Gasteiger partial charge < -0.3 is 4.90 Å². The molecule has 1 N–H and O–H groups in total. The fourth-order valence-corrected chi connectivity index (χ4v) is 2.35. The van der Waals surface area contributed by atoms with Crippen molar-refractivity contribution in [1.82, 2.24) is 10.3 Å². The van der Waals surface area contributed by atoms with E-state index in [4.69, 9.17) is 0 Å². The second-order valence-corrected chi connectivity index (χ2v) is 5.49. The van der Waals surface area contributed by atoms with E-state index >= 15 is 0 Å². The van der Waals surface area contributed by atoms with E-state index in [2.05, 4.69) is 10.5 Å². The van der Waals surface area contributed by atoms with Crippen molar-refractivity contribution in [2.45, 2.75) is 32.6 Å². The number of hydrazone groups is 1. The van der Waals surface area contributed by atoms with E-state index in [1.54, 1.807) is 6.92 Å². The Labute approximate surface area is 133 Å². The fourth-order valence-electron chi connectivity index (χ4n) is 2.35. The predicted molar refractivity (Wildman–Crippen MR) is 81.8 cm³/mol. The first-order valence-corrected chi connectivity index (χ1v) is 7.53. The molecule has 0 atom stereocenters. The average molecular weight is 323 g/mol. The monoisotopic (exact) mass is 323 g/mol. The maximum Gasteiger partial charge on any atom is 0.259 e. The third-order valence-corrected chi connectivity index (χ3v) is 3.69. The van der Waals surface area contributed by atoms with Gasteiger partial charge in [0.05, 0.1) is 5.71 Å². The molecule has 1 saturated heterocycles. The summed E-state index contributed by atoms with van der Waals surface area (Å²) in [6.07, 6.45) is 3.18. The number of nitrogens with zero attached hydrogens (tertiary/aromatic N) is 2. The molecule has 1 aromatic carbocycles. The van der Waals surface area contributed by atoms with Gasteiger partial charge >= 0.3 is 0 Å². The van der Waals surface area contributed by atoms with Crippen molar-refractivity contribution in [3.05, 3.63) is 35.4 Å². The van der Waals surface area contributed by atoms with Crippen LogP contribution in [0.3, 0.4) is 0 Å². The Morgan fingerprint density at radius 3 is 2.78 bits per heavy atom. The summed E-state index contributed by atoms with van der Waals surface area (Å²) in [5.74, 6) is -2.36. The summed E-state index contributed by atoms with van der Waals surface area (Å²) < 4.78 is 26.1. The van der Waals surface area contributed by atoms with E-state index in [-0.39, 0.29) is 12.5 Å². The van der Waals surface area contributed by atoms with Crippen molar-refractivity contribution in [1.29, 1.82) is 0 Å². The molecule has 1 aliphatic rings. The van der Waals surface area contributed by atoms with Gasteiger partial charge in [0.25, 0.3) is 5.91 Å². The highest BCUT2D eigenvalue weighted by atomic mass is 19.2. The van der Waals surface area contributed by atoms with Crippen LogP contribution in [0.1, 0.15) is 38.2 Å². The number of rotatable bonds is 4. The molecular formula is C16H19F2N3O2. The molecule has 0 aromatic heterocycles. The zero-order valence-electron chi connectivity index (χ0n) is 12.9. The van der Waals surface area contributed by atoms with E-state index in [0.29, 0.717) is 24.2 Å². The standard InChI is InChI=1S/C16H19F2N3O2/c1-11(12-6-7-13(17)14(18)9-12)19-20-15(22)10-21-8-4-2-3-5-16(21)23/h6-7,9H,2-5,8,10H2,1H3,(H,20,22)/b19-11-. The van der Waals surface area contributed by atoms with Crippen LogP contribution in [-0.4, -0.2) is 35.5 Å². The second kappa shape index (κ2) is 7.80. The van der Waals surface area contributed by atoms with E-state index in [9.17, 15) is 18.4 Å². The van der Waals surface area contributed by atoms with E-state index in [0.717, 1.165) is 31.4 Å². The van der Waals surface area contributed by atoms with Crippen molar-refractivity contribution in [2.24, 2.45) is 5.10 Å². The molecule has 0 unspecified atom stereocenters. The van der Waals surface area contributed by atoms with Crippen LogP contribution in [0.25, 0.3) is 0 Å². The van der Waals surface area contributed by atoms with Crippen LogP contribution in [0, 0.1) is 11.6 Å². The highest BCUT2D eigenvalue weighted by molar-refractivity contribution is 5.99. The van der Waals surface area contributed by atoms with Gasteiger partial charge in [0, 0.05) is 18.5 Å². The maximum atomic E-state index is 13.2. The summed E-state index contributed by atoms with van der Waals surface area (Å²) in [4.78, 5) is 25.2. The normalized spacial score (nSPS) is 16.2. The number of amides is 2. The summed E-state index contributed by atoms with van der Waals surface area (Å²) >= 11 is 0. The van der Waals surface area contributed by atoms with Crippen LogP contribution < -0.4 is 5.43 Å². The van der Waals surface area contributed by atoms with Gasteiger partial charge in [-0.25, -0.2) is 14.2 Å². The molecule has 1 aliphatic heterocycles. The number of hydrogen-bond donors (Lipinski definition) is 1. The first-order chi connectivity index (χ1) is 11.0. The summed E-state index contributed by atoms with van der Waals surface area (Å²) in [5, 5.41) is 3.87. The van der Waals surface area contributed by atoms with Crippen LogP contribution in [0.4, 0.5) is 8.78 Å². The predicted octanol–water partition coefficient (Wildman–Crippen LogP) is 2.21. The largest absolute Gasteiger partial charge is 0.333 e. The summed E-state index contributed by atoms with van der Waals surface area (Å²) in [7, 11) is 0. The zero-order valence-corrected chi connectivity index (χ0v) is 12.9. The number of carbonyl (C=O) groups excluding carboxylic acids is 2. The van der Waals surface area contributed by atoms with Crippen molar-refractivity contribution in [3.63, 3.8) is 0 Å². The smallest absolute Gasteiger partial charge is 0.259 e. The molecule has 1 fully saturated rings. The number of nitrogens with one attached hydrogen (secondary N) is 1. The van der Waals surface area contributed by atoms with Crippen LogP contribution >= 0.6 is 0 Å². The highest BCUT2D eigenvalue weighted by Crippen LogP contribution is 2.11. The van der Waals surface area contributed by atoms with Gasteiger partial charge in [-0.3, -0.25) is 9.59 Å². The highest BCUT2D eigenvalue weighted by Gasteiger charge is 2.19. The first kappa shape index (κ1) is 17.1. The molecule has 1 aromatic rings. The lowest BCUT2D eigenvalue weighted by Crippen LogP contribution is -2.39. The molecule has 7 heteroatoms. The Morgan fingerprint density at radius 1 is 1.26 bits per heavy atom. The Hall–Kier alpha value is -2.31.